The second-order valence-electron chi connectivity index (χ2n) is 4.18. The quantitative estimate of drug-likeness (QED) is 0.631. The highest BCUT2D eigenvalue weighted by molar-refractivity contribution is 5.70. The second kappa shape index (κ2) is 6.67. The average molecular weight is 291 g/mol. The van der Waals surface area contributed by atoms with Crippen LogP contribution in [0, 0.1) is 15.9 Å². The maximum absolute atomic E-state index is 13.5. The Morgan fingerprint density at radius 1 is 1.29 bits per heavy atom. The van der Waals surface area contributed by atoms with E-state index in [-0.39, 0.29) is 5.69 Å². The zero-order chi connectivity index (χ0) is 15.2. The van der Waals surface area contributed by atoms with Gasteiger partial charge in [0.05, 0.1) is 4.92 Å². The number of nitrogens with zero attached hydrogens (tertiary/aromatic N) is 1. The summed E-state index contributed by atoms with van der Waals surface area (Å²) in [5.74, 6) is -0.315. The van der Waals surface area contributed by atoms with Crippen molar-refractivity contribution < 1.29 is 14.1 Å². The third-order valence-corrected chi connectivity index (χ3v) is 2.67. The van der Waals surface area contributed by atoms with Crippen LogP contribution < -0.4 is 15.8 Å². The number of anilines is 2. The molecule has 0 radical (unpaired) electrons. The highest BCUT2D eigenvalue weighted by Gasteiger charge is 2.19. The van der Waals surface area contributed by atoms with Gasteiger partial charge in [0.1, 0.15) is 18.0 Å². The number of nitrogens with two attached hydrogens (primary N) is 1. The zero-order valence-corrected chi connectivity index (χ0v) is 11.1. The lowest BCUT2D eigenvalue weighted by Crippen LogP contribution is -2.10. The van der Waals surface area contributed by atoms with Gasteiger partial charge in [0.2, 0.25) is 5.82 Å². The summed E-state index contributed by atoms with van der Waals surface area (Å²) in [5, 5.41) is 13.7. The van der Waals surface area contributed by atoms with E-state index in [9.17, 15) is 14.5 Å². The maximum Gasteiger partial charge on any atom is 0.327 e. The Morgan fingerprint density at radius 3 is 2.76 bits per heavy atom. The lowest BCUT2D eigenvalue weighted by atomic mass is 10.2. The summed E-state index contributed by atoms with van der Waals surface area (Å²) in [7, 11) is 0. The van der Waals surface area contributed by atoms with Gasteiger partial charge in [-0.3, -0.25) is 10.1 Å². The Bertz CT molecular complexity index is 649. The van der Waals surface area contributed by atoms with E-state index < -0.39 is 16.4 Å². The number of para-hydroxylation sites is 1. The largest absolute Gasteiger partial charge is 0.492 e. The van der Waals surface area contributed by atoms with E-state index in [1.165, 1.54) is 12.1 Å². The molecule has 0 unspecified atom stereocenters. The van der Waals surface area contributed by atoms with Crippen molar-refractivity contribution in [2.75, 3.05) is 18.5 Å². The molecule has 0 heterocycles. The van der Waals surface area contributed by atoms with E-state index in [2.05, 4.69) is 5.32 Å². The molecular formula is C14H14FN3O3. The van der Waals surface area contributed by atoms with Crippen molar-refractivity contribution in [1.82, 2.24) is 0 Å². The number of ether oxygens (including phenoxy) is 1. The molecule has 2 aromatic rings. The van der Waals surface area contributed by atoms with Gasteiger partial charge in [-0.25, -0.2) is 0 Å². The van der Waals surface area contributed by atoms with Gasteiger partial charge >= 0.3 is 5.69 Å². The van der Waals surface area contributed by atoms with Gasteiger partial charge in [-0.05, 0) is 24.3 Å². The van der Waals surface area contributed by atoms with Gasteiger partial charge in [-0.1, -0.05) is 12.1 Å². The number of nitrogens with one attached hydrogen (secondary N) is 1. The zero-order valence-electron chi connectivity index (χ0n) is 11.1. The summed E-state index contributed by atoms with van der Waals surface area (Å²) in [6, 6.07) is 10.7. The number of nitro benzene ring substituents is 1. The average Bonchev–Trinajstić information content (AvgIpc) is 2.45. The summed E-state index contributed by atoms with van der Waals surface area (Å²) in [5.41, 5.74) is 5.39. The van der Waals surface area contributed by atoms with E-state index in [1.807, 2.05) is 0 Å². The van der Waals surface area contributed by atoms with Gasteiger partial charge < -0.3 is 15.8 Å². The summed E-state index contributed by atoms with van der Waals surface area (Å²) >= 11 is 0. The minimum atomic E-state index is -0.888. The summed E-state index contributed by atoms with van der Waals surface area (Å²) in [4.78, 5) is 10.2. The van der Waals surface area contributed by atoms with Crippen LogP contribution in [-0.2, 0) is 0 Å². The van der Waals surface area contributed by atoms with Crippen molar-refractivity contribution in [2.24, 2.45) is 5.73 Å². The Kier molecular flexibility index (Phi) is 4.68. The third kappa shape index (κ3) is 3.67. The Labute approximate surface area is 120 Å². The molecule has 7 heteroatoms. The molecule has 0 saturated heterocycles. The molecule has 0 aromatic heterocycles. The molecule has 21 heavy (non-hydrogen) atoms. The Morgan fingerprint density at radius 2 is 2.05 bits per heavy atom. The lowest BCUT2D eigenvalue weighted by molar-refractivity contribution is -0.386. The monoisotopic (exact) mass is 291 g/mol. The minimum Gasteiger partial charge on any atom is -0.492 e. The molecule has 110 valence electrons. The molecule has 2 rings (SSSR count). The first-order valence-electron chi connectivity index (χ1n) is 6.24. The molecule has 6 nitrogen and oxygen atoms in total. The van der Waals surface area contributed by atoms with Crippen molar-refractivity contribution in [3.05, 3.63) is 58.4 Å². The van der Waals surface area contributed by atoms with E-state index in [0.29, 0.717) is 24.6 Å². The smallest absolute Gasteiger partial charge is 0.327 e. The van der Waals surface area contributed by atoms with E-state index in [1.54, 1.807) is 24.3 Å². The highest BCUT2D eigenvalue weighted by Crippen LogP contribution is 2.30. The molecule has 0 spiro atoms. The molecule has 0 fully saturated rings. The van der Waals surface area contributed by atoms with Crippen LogP contribution in [0.2, 0.25) is 0 Å². The van der Waals surface area contributed by atoms with Crippen molar-refractivity contribution >= 4 is 17.1 Å². The predicted octanol–water partition coefficient (Wildman–Crippen LogP) is 2.82. The van der Waals surface area contributed by atoms with Gasteiger partial charge in [0.25, 0.3) is 0 Å². The molecule has 0 aliphatic heterocycles. The number of hydrogen-bond acceptors (Lipinski definition) is 5. The van der Waals surface area contributed by atoms with Gasteiger partial charge in [0.15, 0.2) is 0 Å². The van der Waals surface area contributed by atoms with Crippen LogP contribution in [0.4, 0.5) is 21.5 Å². The van der Waals surface area contributed by atoms with Crippen LogP contribution in [0.15, 0.2) is 42.5 Å². The molecule has 0 aliphatic rings. The van der Waals surface area contributed by atoms with Crippen molar-refractivity contribution in [3.8, 4) is 5.75 Å². The molecule has 0 aliphatic carbocycles. The number of benzene rings is 2. The second-order valence-corrected chi connectivity index (χ2v) is 4.18. The normalized spacial score (nSPS) is 10.2. The number of nitro groups is 1. The van der Waals surface area contributed by atoms with Gasteiger partial charge in [-0.2, -0.15) is 4.39 Å². The molecule has 3 N–H and O–H groups in total. The van der Waals surface area contributed by atoms with Crippen molar-refractivity contribution in [1.29, 1.82) is 0 Å². The standard InChI is InChI=1S/C14H14FN3O3/c15-12-5-2-6-13(14(12)18(19)20)17-10-3-1-4-11(9-10)21-8-7-16/h1-6,9,17H,7-8,16H2. The fraction of sp³-hybridized carbons (Fsp3) is 0.143. The van der Waals surface area contributed by atoms with E-state index in [4.69, 9.17) is 10.5 Å². The number of rotatable bonds is 6. The molecule has 0 saturated carbocycles. The highest BCUT2D eigenvalue weighted by atomic mass is 19.1. The maximum atomic E-state index is 13.5. The number of halogens is 1. The van der Waals surface area contributed by atoms with Gasteiger partial charge in [0, 0.05) is 18.3 Å². The summed E-state index contributed by atoms with van der Waals surface area (Å²) in [6.07, 6.45) is 0. The molecular weight excluding hydrogens is 277 g/mol. The fourth-order valence-electron chi connectivity index (χ4n) is 1.80. The van der Waals surface area contributed by atoms with Crippen LogP contribution in [0.1, 0.15) is 0 Å². The predicted molar refractivity (Wildman–Crippen MR) is 77.3 cm³/mol. The summed E-state index contributed by atoms with van der Waals surface area (Å²) < 4.78 is 18.9. The Hall–Kier alpha value is -2.67. The molecule has 2 aromatic carbocycles. The first-order valence-corrected chi connectivity index (χ1v) is 6.24. The van der Waals surface area contributed by atoms with E-state index >= 15 is 0 Å². The first kappa shape index (κ1) is 14.7. The molecule has 0 atom stereocenters. The third-order valence-electron chi connectivity index (χ3n) is 2.67. The lowest BCUT2D eigenvalue weighted by Gasteiger charge is -2.10. The Balaban J connectivity index is 2.26. The van der Waals surface area contributed by atoms with Crippen molar-refractivity contribution in [2.45, 2.75) is 0 Å². The van der Waals surface area contributed by atoms with E-state index in [0.717, 1.165) is 6.07 Å². The van der Waals surface area contributed by atoms with Crippen LogP contribution in [-0.4, -0.2) is 18.1 Å². The van der Waals surface area contributed by atoms with Crippen LogP contribution >= 0.6 is 0 Å². The van der Waals surface area contributed by atoms with Crippen LogP contribution in [0.25, 0.3) is 0 Å². The number of hydrogen-bond donors (Lipinski definition) is 2. The van der Waals surface area contributed by atoms with Crippen LogP contribution in [0.5, 0.6) is 5.75 Å². The summed E-state index contributed by atoms with van der Waals surface area (Å²) in [6.45, 7) is 0.747. The SMILES string of the molecule is NCCOc1cccc(Nc2cccc(F)c2[N+](=O)[O-])c1. The van der Waals surface area contributed by atoms with Crippen LogP contribution in [0.3, 0.4) is 0 Å². The minimum absolute atomic E-state index is 0.0796. The van der Waals surface area contributed by atoms with Gasteiger partial charge in [-0.15, -0.1) is 0 Å². The fourth-order valence-corrected chi connectivity index (χ4v) is 1.80. The molecule has 0 bridgehead atoms. The van der Waals surface area contributed by atoms with Crippen molar-refractivity contribution in [3.63, 3.8) is 0 Å². The first-order chi connectivity index (χ1) is 10.1. The molecule has 0 amide bonds. The topological polar surface area (TPSA) is 90.4 Å².